The monoisotopic (exact) mass is 349 g/mol. The SMILES string of the molecule is Cc1cc2c(cc1CO)C(/C=C/c1c(C)ccc3c1OCCC3)NCC2. The summed E-state index contributed by atoms with van der Waals surface area (Å²) in [7, 11) is 0. The van der Waals surface area contributed by atoms with Gasteiger partial charge in [-0.25, -0.2) is 0 Å². The Labute approximate surface area is 155 Å². The van der Waals surface area contributed by atoms with E-state index in [1.165, 1.54) is 33.4 Å². The van der Waals surface area contributed by atoms with Gasteiger partial charge >= 0.3 is 0 Å². The van der Waals surface area contributed by atoms with Crippen LogP contribution in [0.5, 0.6) is 5.75 Å². The maximum absolute atomic E-state index is 9.63. The van der Waals surface area contributed by atoms with E-state index in [2.05, 4.69) is 55.6 Å². The summed E-state index contributed by atoms with van der Waals surface area (Å²) in [5.74, 6) is 1.06. The van der Waals surface area contributed by atoms with E-state index in [1.807, 2.05) is 0 Å². The van der Waals surface area contributed by atoms with Crippen molar-refractivity contribution in [3.05, 3.63) is 69.3 Å². The maximum Gasteiger partial charge on any atom is 0.129 e. The molecule has 2 aliphatic heterocycles. The van der Waals surface area contributed by atoms with E-state index in [0.717, 1.165) is 43.7 Å². The van der Waals surface area contributed by atoms with Crippen LogP contribution in [0.25, 0.3) is 6.08 Å². The molecule has 0 aliphatic carbocycles. The predicted molar refractivity (Wildman–Crippen MR) is 106 cm³/mol. The fourth-order valence-corrected chi connectivity index (χ4v) is 4.10. The molecule has 1 atom stereocenters. The molecule has 3 heteroatoms. The first kappa shape index (κ1) is 17.3. The minimum atomic E-state index is 0.0920. The first-order chi connectivity index (χ1) is 12.7. The van der Waals surface area contributed by atoms with Gasteiger partial charge in [0, 0.05) is 12.1 Å². The van der Waals surface area contributed by atoms with Crippen LogP contribution in [0.15, 0.2) is 30.3 Å². The van der Waals surface area contributed by atoms with Crippen molar-refractivity contribution in [2.75, 3.05) is 13.2 Å². The molecule has 26 heavy (non-hydrogen) atoms. The highest BCUT2D eigenvalue weighted by Gasteiger charge is 2.20. The Bertz CT molecular complexity index is 854. The van der Waals surface area contributed by atoms with Crippen molar-refractivity contribution in [3.63, 3.8) is 0 Å². The molecule has 2 aromatic rings. The first-order valence-corrected chi connectivity index (χ1v) is 9.57. The highest BCUT2D eigenvalue weighted by molar-refractivity contribution is 5.65. The molecular formula is C23H27NO2. The van der Waals surface area contributed by atoms with Gasteiger partial charge in [-0.2, -0.15) is 0 Å². The Morgan fingerprint density at radius 3 is 2.88 bits per heavy atom. The van der Waals surface area contributed by atoms with E-state index in [-0.39, 0.29) is 12.6 Å². The summed E-state index contributed by atoms with van der Waals surface area (Å²) >= 11 is 0. The van der Waals surface area contributed by atoms with E-state index in [1.54, 1.807) is 0 Å². The molecule has 2 N–H and O–H groups in total. The highest BCUT2D eigenvalue weighted by atomic mass is 16.5. The second-order valence-electron chi connectivity index (χ2n) is 7.41. The van der Waals surface area contributed by atoms with E-state index < -0.39 is 0 Å². The van der Waals surface area contributed by atoms with E-state index >= 15 is 0 Å². The third-order valence-electron chi connectivity index (χ3n) is 5.65. The van der Waals surface area contributed by atoms with Gasteiger partial charge in [-0.3, -0.25) is 0 Å². The number of hydrogen-bond acceptors (Lipinski definition) is 3. The first-order valence-electron chi connectivity index (χ1n) is 9.57. The summed E-state index contributed by atoms with van der Waals surface area (Å²) in [6, 6.07) is 8.97. The minimum absolute atomic E-state index is 0.0920. The predicted octanol–water partition coefficient (Wildman–Crippen LogP) is 4.02. The van der Waals surface area contributed by atoms with Crippen LogP contribution in [0.2, 0.25) is 0 Å². The topological polar surface area (TPSA) is 41.5 Å². The quantitative estimate of drug-likeness (QED) is 0.879. The second-order valence-corrected chi connectivity index (χ2v) is 7.41. The second kappa shape index (κ2) is 7.26. The third kappa shape index (κ3) is 3.17. The fourth-order valence-electron chi connectivity index (χ4n) is 4.10. The lowest BCUT2D eigenvalue weighted by atomic mass is 9.89. The van der Waals surface area contributed by atoms with Gasteiger partial charge in [-0.1, -0.05) is 36.4 Å². The van der Waals surface area contributed by atoms with Crippen LogP contribution in [-0.2, 0) is 19.4 Å². The number of aliphatic hydroxyl groups is 1. The zero-order valence-corrected chi connectivity index (χ0v) is 15.6. The molecule has 2 heterocycles. The average molecular weight is 349 g/mol. The van der Waals surface area contributed by atoms with E-state index in [0.29, 0.717) is 0 Å². The van der Waals surface area contributed by atoms with Gasteiger partial charge in [0.25, 0.3) is 0 Å². The molecule has 0 radical (unpaired) electrons. The molecule has 0 spiro atoms. The number of aryl methyl sites for hydroxylation is 3. The standard InChI is InChI=1S/C23H27NO2/c1-15-5-6-17-4-3-11-26-23(17)20(15)7-8-22-21-13-19(14-25)16(2)12-18(21)9-10-24-22/h5-8,12-13,22,24-25H,3-4,9-11,14H2,1-2H3/b8-7+. The van der Waals surface area contributed by atoms with Crippen molar-refractivity contribution in [1.29, 1.82) is 0 Å². The molecule has 1 unspecified atom stereocenters. The molecule has 0 fully saturated rings. The average Bonchev–Trinajstić information content (AvgIpc) is 2.66. The van der Waals surface area contributed by atoms with Crippen LogP contribution in [-0.4, -0.2) is 18.3 Å². The van der Waals surface area contributed by atoms with E-state index in [9.17, 15) is 5.11 Å². The van der Waals surface area contributed by atoms with Crippen molar-refractivity contribution in [3.8, 4) is 5.75 Å². The smallest absolute Gasteiger partial charge is 0.129 e. The normalized spacial score (nSPS) is 19.1. The van der Waals surface area contributed by atoms with Gasteiger partial charge in [-0.15, -0.1) is 0 Å². The zero-order valence-electron chi connectivity index (χ0n) is 15.6. The number of rotatable bonds is 3. The minimum Gasteiger partial charge on any atom is -0.493 e. The fraction of sp³-hybridized carbons (Fsp3) is 0.391. The van der Waals surface area contributed by atoms with Gasteiger partial charge in [-0.05, 0) is 66.5 Å². The van der Waals surface area contributed by atoms with Crippen molar-refractivity contribution < 1.29 is 9.84 Å². The molecule has 0 amide bonds. The Morgan fingerprint density at radius 2 is 2.04 bits per heavy atom. The number of hydrogen-bond donors (Lipinski definition) is 2. The van der Waals surface area contributed by atoms with Gasteiger partial charge in [0.15, 0.2) is 0 Å². The Morgan fingerprint density at radius 1 is 1.15 bits per heavy atom. The number of benzene rings is 2. The maximum atomic E-state index is 9.63. The largest absolute Gasteiger partial charge is 0.493 e. The molecule has 0 saturated heterocycles. The lowest BCUT2D eigenvalue weighted by Gasteiger charge is -2.26. The van der Waals surface area contributed by atoms with Crippen LogP contribution in [0.1, 0.15) is 51.4 Å². The lowest BCUT2D eigenvalue weighted by Crippen LogP contribution is -2.28. The van der Waals surface area contributed by atoms with Crippen molar-refractivity contribution in [2.24, 2.45) is 0 Å². The van der Waals surface area contributed by atoms with Crippen molar-refractivity contribution in [1.82, 2.24) is 5.32 Å². The van der Waals surface area contributed by atoms with Crippen LogP contribution in [0.3, 0.4) is 0 Å². The van der Waals surface area contributed by atoms with Crippen molar-refractivity contribution >= 4 is 6.08 Å². The van der Waals surface area contributed by atoms with Gasteiger partial charge in [0.2, 0.25) is 0 Å². The summed E-state index contributed by atoms with van der Waals surface area (Å²) < 4.78 is 5.99. The molecule has 4 rings (SSSR count). The van der Waals surface area contributed by atoms with Gasteiger partial charge in [0.1, 0.15) is 5.75 Å². The lowest BCUT2D eigenvalue weighted by molar-refractivity contribution is 0.280. The summed E-state index contributed by atoms with van der Waals surface area (Å²) in [6.45, 7) is 6.10. The van der Waals surface area contributed by atoms with Gasteiger partial charge < -0.3 is 15.2 Å². The Hall–Kier alpha value is -2.10. The van der Waals surface area contributed by atoms with Gasteiger partial charge in [0.05, 0.1) is 19.3 Å². The molecule has 136 valence electrons. The molecule has 0 bridgehead atoms. The summed E-state index contributed by atoms with van der Waals surface area (Å²) in [4.78, 5) is 0. The Balaban J connectivity index is 1.69. The number of fused-ring (bicyclic) bond motifs is 2. The summed E-state index contributed by atoms with van der Waals surface area (Å²) in [5.41, 5.74) is 8.63. The number of aliphatic hydroxyl groups excluding tert-OH is 1. The third-order valence-corrected chi connectivity index (χ3v) is 5.65. The highest BCUT2D eigenvalue weighted by Crippen LogP contribution is 2.34. The molecule has 3 nitrogen and oxygen atoms in total. The Kier molecular flexibility index (Phi) is 4.84. The molecule has 0 saturated carbocycles. The van der Waals surface area contributed by atoms with Crippen LogP contribution < -0.4 is 10.1 Å². The summed E-state index contributed by atoms with van der Waals surface area (Å²) in [5, 5.41) is 13.2. The van der Waals surface area contributed by atoms with Crippen LogP contribution in [0, 0.1) is 13.8 Å². The number of ether oxygens (including phenoxy) is 1. The zero-order chi connectivity index (χ0) is 18.1. The summed E-state index contributed by atoms with van der Waals surface area (Å²) in [6.07, 6.45) is 7.69. The van der Waals surface area contributed by atoms with Crippen LogP contribution in [0.4, 0.5) is 0 Å². The van der Waals surface area contributed by atoms with Crippen LogP contribution >= 0.6 is 0 Å². The van der Waals surface area contributed by atoms with E-state index in [4.69, 9.17) is 4.74 Å². The molecule has 2 aromatic carbocycles. The molecule has 0 aromatic heterocycles. The number of nitrogens with one attached hydrogen (secondary N) is 1. The van der Waals surface area contributed by atoms with Crippen molar-refractivity contribution in [2.45, 2.75) is 45.8 Å². The molecule has 2 aliphatic rings. The molecular weight excluding hydrogens is 322 g/mol.